The Balaban J connectivity index is 1.64. The molecule has 1 aliphatic rings. The third-order valence-corrected chi connectivity index (χ3v) is 4.26. The number of hydrogen-bond donors (Lipinski definition) is 2. The van der Waals surface area contributed by atoms with Crippen LogP contribution in [0.5, 0.6) is 0 Å². The molecule has 3 rings (SSSR count). The average Bonchev–Trinajstić information content (AvgIpc) is 2.97. The van der Waals surface area contributed by atoms with Gasteiger partial charge in [-0.1, -0.05) is 48.5 Å². The molecular weight excluding hydrogens is 322 g/mol. The van der Waals surface area contributed by atoms with Crippen LogP contribution in [0.4, 0.5) is 4.79 Å². The van der Waals surface area contributed by atoms with Crippen LogP contribution in [0.25, 0.3) is 11.1 Å². The van der Waals surface area contributed by atoms with E-state index in [-0.39, 0.29) is 19.1 Å². The summed E-state index contributed by atoms with van der Waals surface area (Å²) < 4.78 is 9.67. The molecule has 2 N–H and O–H groups in total. The quantitative estimate of drug-likeness (QED) is 0.813. The van der Waals surface area contributed by atoms with Gasteiger partial charge in [0.25, 0.3) is 0 Å². The van der Waals surface area contributed by atoms with E-state index in [0.29, 0.717) is 0 Å². The molecule has 1 aliphatic carbocycles. The molecule has 0 saturated carbocycles. The SMILES string of the molecule is COC(=O)C(O)CNC(=O)OCC1c2ccccc2-c2ccccc21. The summed E-state index contributed by atoms with van der Waals surface area (Å²) in [6, 6.07) is 16.1. The van der Waals surface area contributed by atoms with E-state index < -0.39 is 18.2 Å². The number of ether oxygens (including phenoxy) is 2. The summed E-state index contributed by atoms with van der Waals surface area (Å²) in [6.07, 6.45) is -2.10. The number of carbonyl (C=O) groups is 2. The van der Waals surface area contributed by atoms with Crippen LogP contribution in [0.2, 0.25) is 0 Å². The number of carbonyl (C=O) groups excluding carboxylic acids is 2. The van der Waals surface area contributed by atoms with E-state index in [9.17, 15) is 14.7 Å². The van der Waals surface area contributed by atoms with Crippen LogP contribution in [-0.4, -0.2) is 43.5 Å². The zero-order valence-corrected chi connectivity index (χ0v) is 13.8. The van der Waals surface area contributed by atoms with Crippen molar-refractivity contribution >= 4 is 12.1 Å². The number of nitrogens with one attached hydrogen (secondary N) is 1. The number of esters is 1. The maximum Gasteiger partial charge on any atom is 0.407 e. The fraction of sp³-hybridized carbons (Fsp3) is 0.263. The first-order chi connectivity index (χ1) is 12.1. The summed E-state index contributed by atoms with van der Waals surface area (Å²) in [7, 11) is 1.17. The number of aliphatic hydroxyl groups is 1. The van der Waals surface area contributed by atoms with Crippen molar-refractivity contribution in [3.05, 3.63) is 59.7 Å². The highest BCUT2D eigenvalue weighted by atomic mass is 16.6. The van der Waals surface area contributed by atoms with Crippen LogP contribution in [0, 0.1) is 0 Å². The minimum atomic E-state index is -1.41. The molecule has 0 spiro atoms. The van der Waals surface area contributed by atoms with Crippen molar-refractivity contribution in [3.8, 4) is 11.1 Å². The lowest BCUT2D eigenvalue weighted by Gasteiger charge is -2.15. The first-order valence-corrected chi connectivity index (χ1v) is 7.96. The first-order valence-electron chi connectivity index (χ1n) is 7.96. The van der Waals surface area contributed by atoms with E-state index in [4.69, 9.17) is 4.74 Å². The third kappa shape index (κ3) is 3.49. The number of aliphatic hydroxyl groups excluding tert-OH is 1. The Morgan fingerprint density at radius 3 is 2.20 bits per heavy atom. The van der Waals surface area contributed by atoms with Crippen molar-refractivity contribution in [3.63, 3.8) is 0 Å². The fourth-order valence-electron chi connectivity index (χ4n) is 3.05. The van der Waals surface area contributed by atoms with Crippen molar-refractivity contribution in [1.82, 2.24) is 5.32 Å². The first kappa shape index (κ1) is 17.0. The van der Waals surface area contributed by atoms with Gasteiger partial charge in [0.05, 0.1) is 13.7 Å². The largest absolute Gasteiger partial charge is 0.467 e. The summed E-state index contributed by atoms with van der Waals surface area (Å²) >= 11 is 0. The number of alkyl carbamates (subject to hydrolysis) is 1. The minimum absolute atomic E-state index is 0.0383. The molecule has 1 unspecified atom stereocenters. The lowest BCUT2D eigenvalue weighted by Crippen LogP contribution is -2.37. The van der Waals surface area contributed by atoms with Crippen molar-refractivity contribution in [2.24, 2.45) is 0 Å². The number of hydrogen-bond acceptors (Lipinski definition) is 5. The zero-order valence-electron chi connectivity index (χ0n) is 13.8. The number of rotatable bonds is 5. The van der Waals surface area contributed by atoms with E-state index >= 15 is 0 Å². The summed E-state index contributed by atoms with van der Waals surface area (Å²) in [5, 5.41) is 11.8. The Labute approximate surface area is 145 Å². The molecule has 130 valence electrons. The second-order valence-electron chi connectivity index (χ2n) is 5.75. The number of fused-ring (bicyclic) bond motifs is 3. The molecule has 1 amide bonds. The lowest BCUT2D eigenvalue weighted by molar-refractivity contribution is -0.149. The van der Waals surface area contributed by atoms with E-state index in [1.54, 1.807) is 0 Å². The molecule has 0 radical (unpaired) electrons. The number of methoxy groups -OCH3 is 1. The minimum Gasteiger partial charge on any atom is -0.467 e. The van der Waals surface area contributed by atoms with Crippen molar-refractivity contribution < 1.29 is 24.2 Å². The van der Waals surface area contributed by atoms with Gasteiger partial charge in [-0.3, -0.25) is 0 Å². The van der Waals surface area contributed by atoms with Crippen molar-refractivity contribution in [2.75, 3.05) is 20.3 Å². The maximum atomic E-state index is 11.8. The molecular formula is C19H19NO5. The number of benzene rings is 2. The van der Waals surface area contributed by atoms with Crippen molar-refractivity contribution in [1.29, 1.82) is 0 Å². The smallest absolute Gasteiger partial charge is 0.407 e. The van der Waals surface area contributed by atoms with Gasteiger partial charge in [0, 0.05) is 5.92 Å². The van der Waals surface area contributed by atoms with Crippen LogP contribution in [0.15, 0.2) is 48.5 Å². The summed E-state index contributed by atoms with van der Waals surface area (Å²) in [6.45, 7) is -0.0858. The third-order valence-electron chi connectivity index (χ3n) is 4.26. The molecule has 0 fully saturated rings. The monoisotopic (exact) mass is 341 g/mol. The topological polar surface area (TPSA) is 84.9 Å². The fourth-order valence-corrected chi connectivity index (χ4v) is 3.05. The number of amides is 1. The van der Waals surface area contributed by atoms with Gasteiger partial charge in [-0.15, -0.1) is 0 Å². The molecule has 6 heteroatoms. The van der Waals surface area contributed by atoms with Crippen LogP contribution >= 0.6 is 0 Å². The van der Waals surface area contributed by atoms with Gasteiger partial charge in [0.2, 0.25) is 0 Å². The Kier molecular flexibility index (Phi) is 5.00. The van der Waals surface area contributed by atoms with Gasteiger partial charge in [-0.2, -0.15) is 0 Å². The van der Waals surface area contributed by atoms with E-state index in [0.717, 1.165) is 22.3 Å². The highest BCUT2D eigenvalue weighted by Crippen LogP contribution is 2.44. The van der Waals surface area contributed by atoms with E-state index in [2.05, 4.69) is 22.2 Å². The predicted molar refractivity (Wildman–Crippen MR) is 91.1 cm³/mol. The predicted octanol–water partition coefficient (Wildman–Crippen LogP) is 2.06. The molecule has 6 nitrogen and oxygen atoms in total. The lowest BCUT2D eigenvalue weighted by atomic mass is 9.98. The highest BCUT2D eigenvalue weighted by Gasteiger charge is 2.29. The van der Waals surface area contributed by atoms with Gasteiger partial charge in [-0.25, -0.2) is 9.59 Å². The van der Waals surface area contributed by atoms with Crippen molar-refractivity contribution in [2.45, 2.75) is 12.0 Å². The Hall–Kier alpha value is -2.86. The normalized spacial score (nSPS) is 13.5. The van der Waals surface area contributed by atoms with Crippen LogP contribution in [0.3, 0.4) is 0 Å². The summed E-state index contributed by atoms with van der Waals surface area (Å²) in [4.78, 5) is 22.9. The summed E-state index contributed by atoms with van der Waals surface area (Å²) in [5.74, 6) is -0.845. The molecule has 0 aromatic heterocycles. The summed E-state index contributed by atoms with van der Waals surface area (Å²) in [5.41, 5.74) is 4.53. The Morgan fingerprint density at radius 2 is 1.64 bits per heavy atom. The van der Waals surface area contributed by atoms with Crippen LogP contribution in [-0.2, 0) is 14.3 Å². The maximum absolute atomic E-state index is 11.8. The van der Waals surface area contributed by atoms with Crippen LogP contribution < -0.4 is 5.32 Å². The molecule has 0 saturated heterocycles. The van der Waals surface area contributed by atoms with Gasteiger partial charge in [-0.05, 0) is 22.3 Å². The zero-order chi connectivity index (χ0) is 17.8. The molecule has 2 aromatic rings. The molecule has 0 heterocycles. The molecule has 25 heavy (non-hydrogen) atoms. The molecule has 1 atom stereocenters. The second-order valence-corrected chi connectivity index (χ2v) is 5.75. The molecule has 2 aromatic carbocycles. The molecule has 0 bridgehead atoms. The standard InChI is InChI=1S/C19H19NO5/c1-24-18(22)17(21)10-20-19(23)25-11-16-14-8-4-2-6-12(14)13-7-3-5-9-15(13)16/h2-9,16-17,21H,10-11H2,1H3,(H,20,23). The highest BCUT2D eigenvalue weighted by molar-refractivity contribution is 5.79. The van der Waals surface area contributed by atoms with E-state index in [1.165, 1.54) is 7.11 Å². The van der Waals surface area contributed by atoms with Gasteiger partial charge < -0.3 is 19.9 Å². The van der Waals surface area contributed by atoms with Gasteiger partial charge in [0.15, 0.2) is 6.10 Å². The van der Waals surface area contributed by atoms with Gasteiger partial charge >= 0.3 is 12.1 Å². The average molecular weight is 341 g/mol. The molecule has 0 aliphatic heterocycles. The van der Waals surface area contributed by atoms with Crippen LogP contribution in [0.1, 0.15) is 17.0 Å². The van der Waals surface area contributed by atoms with E-state index in [1.807, 2.05) is 36.4 Å². The second kappa shape index (κ2) is 7.36. The van der Waals surface area contributed by atoms with Gasteiger partial charge in [0.1, 0.15) is 6.61 Å². The Bertz CT molecular complexity index is 743. The Morgan fingerprint density at radius 1 is 1.08 bits per heavy atom.